The van der Waals surface area contributed by atoms with E-state index in [1.165, 1.54) is 17.7 Å². The van der Waals surface area contributed by atoms with Crippen molar-refractivity contribution in [2.45, 2.75) is 31.6 Å². The third-order valence-corrected chi connectivity index (χ3v) is 6.82. The van der Waals surface area contributed by atoms with Crippen LogP contribution in [0.4, 0.5) is 5.69 Å². The van der Waals surface area contributed by atoms with Crippen LogP contribution in [0.15, 0.2) is 94.9 Å². The number of hydrazone groups is 1. The highest BCUT2D eigenvalue weighted by molar-refractivity contribution is 7.92. The van der Waals surface area contributed by atoms with E-state index < -0.39 is 22.5 Å². The molecule has 3 aromatic carbocycles. The number of carbonyl (C=O) groups is 1. The second-order valence-corrected chi connectivity index (χ2v) is 9.46. The van der Waals surface area contributed by atoms with Crippen LogP contribution in [0, 0.1) is 0 Å². The number of anilines is 1. The van der Waals surface area contributed by atoms with Crippen molar-refractivity contribution in [3.63, 3.8) is 0 Å². The standard InChI is InChI=1S/C26H29N3O4S/c1-3-33-25-17-11-10-16-24(25)29(34(31,32)23-14-8-5-9-15-23)20-26(30)28-27-21(2)18-19-22-12-6-4-7-13-22/h4-17H,3,18-20H2,1-2H3,(H,28,30)/b27-21-. The molecule has 0 bridgehead atoms. The third kappa shape index (κ3) is 6.68. The highest BCUT2D eigenvalue weighted by atomic mass is 32.2. The molecule has 3 rings (SSSR count). The lowest BCUT2D eigenvalue weighted by molar-refractivity contribution is -0.119. The smallest absolute Gasteiger partial charge is 0.264 e. The Labute approximate surface area is 201 Å². The number of benzene rings is 3. The molecule has 0 heterocycles. The number of ether oxygens (including phenoxy) is 1. The van der Waals surface area contributed by atoms with E-state index in [0.717, 1.165) is 16.4 Å². The zero-order chi connectivity index (χ0) is 24.4. The van der Waals surface area contributed by atoms with Gasteiger partial charge in [0.15, 0.2) is 0 Å². The average Bonchev–Trinajstić information content (AvgIpc) is 2.86. The van der Waals surface area contributed by atoms with Crippen molar-refractivity contribution < 1.29 is 17.9 Å². The fraction of sp³-hybridized carbons (Fsp3) is 0.231. The van der Waals surface area contributed by atoms with E-state index in [1.807, 2.05) is 44.2 Å². The topological polar surface area (TPSA) is 88.1 Å². The van der Waals surface area contributed by atoms with Gasteiger partial charge in [0, 0.05) is 5.71 Å². The van der Waals surface area contributed by atoms with Gasteiger partial charge in [0.25, 0.3) is 15.9 Å². The van der Waals surface area contributed by atoms with Crippen LogP contribution >= 0.6 is 0 Å². The first kappa shape index (κ1) is 25.0. The van der Waals surface area contributed by atoms with Gasteiger partial charge in [-0.2, -0.15) is 5.10 Å². The van der Waals surface area contributed by atoms with Gasteiger partial charge in [-0.05, 0) is 56.5 Å². The van der Waals surface area contributed by atoms with Crippen molar-refractivity contribution in [1.29, 1.82) is 0 Å². The van der Waals surface area contributed by atoms with E-state index in [9.17, 15) is 13.2 Å². The van der Waals surface area contributed by atoms with Crippen LogP contribution in [-0.4, -0.2) is 33.2 Å². The SMILES string of the molecule is CCOc1ccccc1N(CC(=O)N/N=C(/C)CCc1ccccc1)S(=O)(=O)c1ccccc1. The summed E-state index contributed by atoms with van der Waals surface area (Å²) in [4.78, 5) is 12.9. The molecule has 0 unspecified atom stereocenters. The Morgan fingerprint density at radius 2 is 1.56 bits per heavy atom. The molecule has 1 N–H and O–H groups in total. The number of carbonyl (C=O) groups excluding carboxylic acids is 1. The summed E-state index contributed by atoms with van der Waals surface area (Å²) in [6.45, 7) is 3.54. The molecule has 34 heavy (non-hydrogen) atoms. The van der Waals surface area contributed by atoms with Crippen molar-refractivity contribution in [3.8, 4) is 5.75 Å². The molecule has 0 saturated carbocycles. The lowest BCUT2D eigenvalue weighted by Gasteiger charge is -2.25. The molecule has 0 spiro atoms. The Bertz CT molecular complexity index is 1210. The molecule has 0 aliphatic carbocycles. The van der Waals surface area contributed by atoms with Crippen molar-refractivity contribution in [2.24, 2.45) is 5.10 Å². The molecule has 7 nitrogen and oxygen atoms in total. The number of hydrogen-bond donors (Lipinski definition) is 1. The van der Waals surface area contributed by atoms with E-state index in [2.05, 4.69) is 10.5 Å². The Morgan fingerprint density at radius 1 is 0.941 bits per heavy atom. The summed E-state index contributed by atoms with van der Waals surface area (Å²) in [5.74, 6) is -0.176. The van der Waals surface area contributed by atoms with Gasteiger partial charge < -0.3 is 4.74 Å². The summed E-state index contributed by atoms with van der Waals surface area (Å²) >= 11 is 0. The van der Waals surface area contributed by atoms with E-state index in [-0.39, 0.29) is 10.6 Å². The van der Waals surface area contributed by atoms with Crippen LogP contribution in [-0.2, 0) is 21.2 Å². The molecule has 3 aromatic rings. The first-order valence-corrected chi connectivity index (χ1v) is 12.5. The maximum atomic E-state index is 13.5. The van der Waals surface area contributed by atoms with Gasteiger partial charge in [-0.3, -0.25) is 9.10 Å². The Morgan fingerprint density at radius 3 is 2.24 bits per heavy atom. The van der Waals surface area contributed by atoms with Gasteiger partial charge in [0.2, 0.25) is 0 Å². The summed E-state index contributed by atoms with van der Waals surface area (Å²) < 4.78 is 33.6. The number of para-hydroxylation sites is 2. The summed E-state index contributed by atoms with van der Waals surface area (Å²) in [6, 6.07) is 24.7. The third-order valence-electron chi connectivity index (χ3n) is 5.04. The van der Waals surface area contributed by atoms with Gasteiger partial charge in [0.05, 0.1) is 17.2 Å². The summed E-state index contributed by atoms with van der Waals surface area (Å²) in [7, 11) is -4.03. The highest BCUT2D eigenvalue weighted by Crippen LogP contribution is 2.32. The van der Waals surface area contributed by atoms with Crippen LogP contribution in [0.3, 0.4) is 0 Å². The van der Waals surface area contributed by atoms with Gasteiger partial charge in [-0.25, -0.2) is 13.8 Å². The second kappa shape index (κ2) is 12.0. The largest absolute Gasteiger partial charge is 0.492 e. The zero-order valence-electron chi connectivity index (χ0n) is 19.3. The first-order valence-electron chi connectivity index (χ1n) is 11.1. The van der Waals surface area contributed by atoms with Crippen LogP contribution in [0.5, 0.6) is 5.75 Å². The number of aryl methyl sites for hydroxylation is 1. The number of sulfonamides is 1. The van der Waals surface area contributed by atoms with E-state index in [4.69, 9.17) is 4.74 Å². The number of amides is 1. The van der Waals surface area contributed by atoms with Crippen LogP contribution < -0.4 is 14.5 Å². The molecular weight excluding hydrogens is 450 g/mol. The number of hydrogen-bond acceptors (Lipinski definition) is 5. The molecule has 0 aliphatic rings. The van der Waals surface area contributed by atoms with Gasteiger partial charge in [0.1, 0.15) is 12.3 Å². The highest BCUT2D eigenvalue weighted by Gasteiger charge is 2.29. The molecule has 0 aromatic heterocycles. The van der Waals surface area contributed by atoms with Crippen LogP contribution in [0.25, 0.3) is 0 Å². The van der Waals surface area contributed by atoms with Gasteiger partial charge in [-0.1, -0.05) is 60.7 Å². The maximum Gasteiger partial charge on any atom is 0.264 e. The van der Waals surface area contributed by atoms with Gasteiger partial charge >= 0.3 is 0 Å². The molecule has 0 radical (unpaired) electrons. The fourth-order valence-corrected chi connectivity index (χ4v) is 4.76. The quantitative estimate of drug-likeness (QED) is 0.326. The maximum absolute atomic E-state index is 13.5. The summed E-state index contributed by atoms with van der Waals surface area (Å²) in [6.07, 6.45) is 1.46. The Kier molecular flexibility index (Phi) is 8.81. The normalized spacial score (nSPS) is 11.6. The van der Waals surface area contributed by atoms with Crippen molar-refractivity contribution in [3.05, 3.63) is 90.5 Å². The molecule has 8 heteroatoms. The zero-order valence-corrected chi connectivity index (χ0v) is 20.2. The molecule has 178 valence electrons. The van der Waals surface area contributed by atoms with E-state index in [1.54, 1.807) is 42.5 Å². The minimum atomic E-state index is -4.03. The lowest BCUT2D eigenvalue weighted by atomic mass is 10.1. The summed E-state index contributed by atoms with van der Waals surface area (Å²) in [5, 5.41) is 4.16. The van der Waals surface area contributed by atoms with E-state index in [0.29, 0.717) is 18.8 Å². The average molecular weight is 480 g/mol. The first-order chi connectivity index (χ1) is 16.4. The second-order valence-electron chi connectivity index (χ2n) is 7.59. The lowest BCUT2D eigenvalue weighted by Crippen LogP contribution is -2.40. The van der Waals surface area contributed by atoms with Crippen molar-refractivity contribution in [2.75, 3.05) is 17.5 Å². The van der Waals surface area contributed by atoms with Crippen molar-refractivity contribution in [1.82, 2.24) is 5.43 Å². The molecule has 1 amide bonds. The predicted molar refractivity (Wildman–Crippen MR) is 135 cm³/mol. The Hall–Kier alpha value is -3.65. The van der Waals surface area contributed by atoms with Crippen molar-refractivity contribution >= 4 is 27.3 Å². The molecule has 0 saturated heterocycles. The van der Waals surface area contributed by atoms with Gasteiger partial charge in [-0.15, -0.1) is 0 Å². The van der Waals surface area contributed by atoms with Crippen LogP contribution in [0.2, 0.25) is 0 Å². The Balaban J connectivity index is 1.80. The molecular formula is C26H29N3O4S. The minimum Gasteiger partial charge on any atom is -0.492 e. The number of nitrogens with one attached hydrogen (secondary N) is 1. The predicted octanol–water partition coefficient (Wildman–Crippen LogP) is 4.41. The number of rotatable bonds is 11. The van der Waals surface area contributed by atoms with Crippen LogP contribution in [0.1, 0.15) is 25.8 Å². The summed E-state index contributed by atoms with van der Waals surface area (Å²) in [5.41, 5.74) is 4.70. The van der Waals surface area contributed by atoms with E-state index >= 15 is 0 Å². The fourth-order valence-electron chi connectivity index (χ4n) is 3.31. The molecule has 0 atom stereocenters. The monoisotopic (exact) mass is 479 g/mol. The molecule has 0 fully saturated rings. The molecule has 0 aliphatic heterocycles. The minimum absolute atomic E-state index is 0.0802. The number of nitrogens with zero attached hydrogens (tertiary/aromatic N) is 2.